The molecule has 1 aromatic carbocycles. The molecule has 0 amide bonds. The predicted octanol–water partition coefficient (Wildman–Crippen LogP) is 1.98. The summed E-state index contributed by atoms with van der Waals surface area (Å²) >= 11 is 3.03. The van der Waals surface area contributed by atoms with Crippen molar-refractivity contribution < 1.29 is 14.6 Å². The Hall–Kier alpha value is -1.03. The first-order valence-electron chi connectivity index (χ1n) is 3.65. The van der Waals surface area contributed by atoms with E-state index in [0.29, 0.717) is 5.75 Å². The Kier molecular flexibility index (Phi) is 3.31. The molecule has 1 rings (SSSR count). The first kappa shape index (κ1) is 10.1. The lowest BCUT2D eigenvalue weighted by Gasteiger charge is -2.04. The van der Waals surface area contributed by atoms with Crippen LogP contribution in [0.25, 0.3) is 0 Å². The Morgan fingerprint density at radius 2 is 2.31 bits per heavy atom. The summed E-state index contributed by atoms with van der Waals surface area (Å²) in [6, 6.07) is 4.55. The number of carbonyl (C=O) groups excluding carboxylic acids is 1. The quantitative estimate of drug-likeness (QED) is 0.654. The largest absolute Gasteiger partial charge is 0.507 e. The van der Waals surface area contributed by atoms with Crippen LogP contribution in [-0.2, 0) is 0 Å². The van der Waals surface area contributed by atoms with Gasteiger partial charge in [-0.2, -0.15) is 0 Å². The monoisotopic (exact) mass is 244 g/mol. The van der Waals surface area contributed by atoms with Gasteiger partial charge in [-0.15, -0.1) is 0 Å². The van der Waals surface area contributed by atoms with Gasteiger partial charge >= 0.3 is 0 Å². The van der Waals surface area contributed by atoms with Gasteiger partial charge in [0.1, 0.15) is 11.5 Å². The van der Waals surface area contributed by atoms with Crippen LogP contribution < -0.4 is 4.74 Å². The van der Waals surface area contributed by atoms with Crippen molar-refractivity contribution in [1.29, 1.82) is 0 Å². The van der Waals surface area contributed by atoms with Crippen LogP contribution in [0, 0.1) is 0 Å². The van der Waals surface area contributed by atoms with E-state index in [2.05, 4.69) is 15.9 Å². The van der Waals surface area contributed by atoms with Crippen LogP contribution in [0.3, 0.4) is 0 Å². The van der Waals surface area contributed by atoms with Crippen LogP contribution in [0.5, 0.6) is 11.5 Å². The lowest BCUT2D eigenvalue weighted by atomic mass is 10.1. The second kappa shape index (κ2) is 4.28. The van der Waals surface area contributed by atoms with E-state index in [1.807, 2.05) is 0 Å². The molecule has 0 radical (unpaired) electrons. The molecule has 13 heavy (non-hydrogen) atoms. The molecule has 0 saturated carbocycles. The van der Waals surface area contributed by atoms with Crippen LogP contribution in [0.4, 0.5) is 0 Å². The molecule has 0 saturated heterocycles. The maximum Gasteiger partial charge on any atom is 0.177 e. The summed E-state index contributed by atoms with van der Waals surface area (Å²) in [5.41, 5.74) is 0.274. The standard InChI is InChI=1S/C9H9BrO3/c1-13-6-2-3-8(11)7(4-6)9(12)5-10/h2-4,11H,5H2,1H3. The summed E-state index contributed by atoms with van der Waals surface area (Å²) in [4.78, 5) is 11.2. The van der Waals surface area contributed by atoms with Crippen molar-refractivity contribution in [2.24, 2.45) is 0 Å². The molecule has 0 bridgehead atoms. The second-order valence-electron chi connectivity index (χ2n) is 2.44. The van der Waals surface area contributed by atoms with Gasteiger partial charge < -0.3 is 9.84 Å². The lowest BCUT2D eigenvalue weighted by Crippen LogP contribution is -2.00. The molecule has 70 valence electrons. The van der Waals surface area contributed by atoms with Gasteiger partial charge in [-0.05, 0) is 18.2 Å². The number of aromatic hydroxyl groups is 1. The van der Waals surface area contributed by atoms with Gasteiger partial charge in [0.05, 0.1) is 18.0 Å². The van der Waals surface area contributed by atoms with Gasteiger partial charge in [-0.3, -0.25) is 4.79 Å². The molecule has 0 spiro atoms. The Bertz CT molecular complexity index is 323. The van der Waals surface area contributed by atoms with Crippen LogP contribution in [0.2, 0.25) is 0 Å². The summed E-state index contributed by atoms with van der Waals surface area (Å²) in [6.07, 6.45) is 0. The number of halogens is 1. The third-order valence-corrected chi connectivity index (χ3v) is 2.13. The molecule has 0 aliphatic carbocycles. The minimum Gasteiger partial charge on any atom is -0.507 e. The van der Waals surface area contributed by atoms with E-state index in [-0.39, 0.29) is 22.4 Å². The Balaban J connectivity index is 3.11. The normalized spacial score (nSPS) is 9.69. The summed E-state index contributed by atoms with van der Waals surface area (Å²) in [5, 5.41) is 9.52. The van der Waals surface area contributed by atoms with Crippen molar-refractivity contribution in [2.45, 2.75) is 0 Å². The lowest BCUT2D eigenvalue weighted by molar-refractivity contribution is 0.102. The fourth-order valence-electron chi connectivity index (χ4n) is 0.937. The predicted molar refractivity (Wildman–Crippen MR) is 52.8 cm³/mol. The van der Waals surface area contributed by atoms with Crippen molar-refractivity contribution in [3.63, 3.8) is 0 Å². The number of ketones is 1. The average Bonchev–Trinajstić information content (AvgIpc) is 2.17. The van der Waals surface area contributed by atoms with Gasteiger partial charge in [0.2, 0.25) is 0 Å². The number of ether oxygens (including phenoxy) is 1. The number of hydrogen-bond donors (Lipinski definition) is 1. The third-order valence-electron chi connectivity index (χ3n) is 1.63. The Morgan fingerprint density at radius 1 is 1.62 bits per heavy atom. The summed E-state index contributed by atoms with van der Waals surface area (Å²) < 4.78 is 4.93. The minimum absolute atomic E-state index is 0.0229. The number of phenolic OH excluding ortho intramolecular Hbond substituents is 1. The van der Waals surface area contributed by atoms with E-state index < -0.39 is 0 Å². The van der Waals surface area contributed by atoms with Crippen LogP contribution in [0.1, 0.15) is 10.4 Å². The molecule has 1 N–H and O–H groups in total. The van der Waals surface area contributed by atoms with Gasteiger partial charge in [0.15, 0.2) is 5.78 Å². The van der Waals surface area contributed by atoms with Gasteiger partial charge in [-0.1, -0.05) is 15.9 Å². The molecule has 0 unspecified atom stereocenters. The van der Waals surface area contributed by atoms with Crippen molar-refractivity contribution in [3.8, 4) is 11.5 Å². The molecule has 0 atom stereocenters. The minimum atomic E-state index is -0.170. The third kappa shape index (κ3) is 2.21. The van der Waals surface area contributed by atoms with E-state index in [4.69, 9.17) is 4.74 Å². The van der Waals surface area contributed by atoms with Crippen molar-refractivity contribution in [1.82, 2.24) is 0 Å². The van der Waals surface area contributed by atoms with E-state index in [9.17, 15) is 9.90 Å². The van der Waals surface area contributed by atoms with Crippen molar-refractivity contribution >= 4 is 21.7 Å². The van der Waals surface area contributed by atoms with Crippen LogP contribution in [-0.4, -0.2) is 23.3 Å². The van der Waals surface area contributed by atoms with E-state index in [1.165, 1.54) is 19.2 Å². The fraction of sp³-hybridized carbons (Fsp3) is 0.222. The Morgan fingerprint density at radius 3 is 2.85 bits per heavy atom. The molecule has 0 aromatic heterocycles. The molecule has 1 aromatic rings. The number of phenols is 1. The first-order valence-corrected chi connectivity index (χ1v) is 4.77. The molecule has 0 aliphatic heterocycles. The Labute approximate surface area is 84.5 Å². The number of alkyl halides is 1. The highest BCUT2D eigenvalue weighted by atomic mass is 79.9. The molecule has 0 aliphatic rings. The summed E-state index contributed by atoms with van der Waals surface area (Å²) in [6.45, 7) is 0. The van der Waals surface area contributed by atoms with E-state index in [0.717, 1.165) is 0 Å². The highest BCUT2D eigenvalue weighted by Gasteiger charge is 2.10. The van der Waals surface area contributed by atoms with Crippen molar-refractivity contribution in [2.75, 3.05) is 12.4 Å². The van der Waals surface area contributed by atoms with Crippen LogP contribution in [0.15, 0.2) is 18.2 Å². The number of methoxy groups -OCH3 is 1. The van der Waals surface area contributed by atoms with Gasteiger partial charge in [0.25, 0.3) is 0 Å². The van der Waals surface area contributed by atoms with Crippen molar-refractivity contribution in [3.05, 3.63) is 23.8 Å². The maximum atomic E-state index is 11.2. The molecule has 3 nitrogen and oxygen atoms in total. The zero-order valence-corrected chi connectivity index (χ0v) is 8.67. The van der Waals surface area contributed by atoms with E-state index >= 15 is 0 Å². The maximum absolute atomic E-state index is 11.2. The number of benzene rings is 1. The van der Waals surface area contributed by atoms with E-state index in [1.54, 1.807) is 6.07 Å². The number of carbonyl (C=O) groups is 1. The zero-order chi connectivity index (χ0) is 9.84. The van der Waals surface area contributed by atoms with Gasteiger partial charge in [-0.25, -0.2) is 0 Å². The first-order chi connectivity index (χ1) is 6.19. The highest BCUT2D eigenvalue weighted by Crippen LogP contribution is 2.23. The van der Waals surface area contributed by atoms with Gasteiger partial charge in [0, 0.05) is 0 Å². The topological polar surface area (TPSA) is 46.5 Å². The molecular formula is C9H9BrO3. The SMILES string of the molecule is COc1ccc(O)c(C(=O)CBr)c1. The second-order valence-corrected chi connectivity index (χ2v) is 3.00. The molecular weight excluding hydrogens is 236 g/mol. The zero-order valence-electron chi connectivity index (χ0n) is 7.08. The van der Waals surface area contributed by atoms with Crippen LogP contribution >= 0.6 is 15.9 Å². The summed E-state index contributed by atoms with van der Waals surface area (Å²) in [5.74, 6) is 0.365. The molecule has 4 heteroatoms. The number of Topliss-reactive ketones (excluding diaryl/α,β-unsaturated/α-hetero) is 1. The fourth-order valence-corrected chi connectivity index (χ4v) is 1.24. The average molecular weight is 245 g/mol. The highest BCUT2D eigenvalue weighted by molar-refractivity contribution is 9.09. The summed E-state index contributed by atoms with van der Waals surface area (Å²) in [7, 11) is 1.51. The smallest absolute Gasteiger partial charge is 0.177 e. The molecule has 0 heterocycles. The number of rotatable bonds is 3. The molecule has 0 fully saturated rings. The number of hydrogen-bond acceptors (Lipinski definition) is 3.